The predicted molar refractivity (Wildman–Crippen MR) is 87.0 cm³/mol. The standard InChI is InChI=1S/C17H28OSi/c1-6-7-11-16(15-12-9-8-10-13-15)14-19(5,18)17(2,3)4/h6,8-10,12-13,16,18H,1,7,11,14H2,2-5H3. The largest absolute Gasteiger partial charge is 0.431 e. The van der Waals surface area contributed by atoms with E-state index in [0.717, 1.165) is 18.9 Å². The van der Waals surface area contributed by atoms with Crippen LogP contribution in [0.3, 0.4) is 0 Å². The zero-order valence-corrected chi connectivity index (χ0v) is 13.8. The molecule has 2 atom stereocenters. The molecule has 1 nitrogen and oxygen atoms in total. The molecule has 106 valence electrons. The summed E-state index contributed by atoms with van der Waals surface area (Å²) >= 11 is 0. The van der Waals surface area contributed by atoms with Crippen LogP contribution in [0, 0.1) is 0 Å². The molecule has 0 radical (unpaired) electrons. The summed E-state index contributed by atoms with van der Waals surface area (Å²) in [6.07, 6.45) is 4.06. The molecule has 0 heterocycles. The van der Waals surface area contributed by atoms with Crippen LogP contribution in [0.5, 0.6) is 0 Å². The molecule has 0 bridgehead atoms. The number of allylic oxidation sites excluding steroid dienone is 1. The van der Waals surface area contributed by atoms with Gasteiger partial charge in [0.2, 0.25) is 0 Å². The molecule has 2 unspecified atom stereocenters. The molecule has 1 aromatic rings. The van der Waals surface area contributed by atoms with Gasteiger partial charge in [0.05, 0.1) is 0 Å². The van der Waals surface area contributed by atoms with E-state index in [0.29, 0.717) is 5.92 Å². The van der Waals surface area contributed by atoms with Crippen molar-refractivity contribution in [2.75, 3.05) is 0 Å². The summed E-state index contributed by atoms with van der Waals surface area (Å²) in [4.78, 5) is 10.9. The second kappa shape index (κ2) is 6.53. The first-order chi connectivity index (χ1) is 8.78. The van der Waals surface area contributed by atoms with E-state index in [4.69, 9.17) is 0 Å². The fraction of sp³-hybridized carbons (Fsp3) is 0.529. The lowest BCUT2D eigenvalue weighted by molar-refractivity contribution is 0.461. The van der Waals surface area contributed by atoms with Crippen molar-refractivity contribution in [1.82, 2.24) is 0 Å². The van der Waals surface area contributed by atoms with Gasteiger partial charge in [-0.1, -0.05) is 57.2 Å². The Labute approximate surface area is 119 Å². The third kappa shape index (κ3) is 4.63. The van der Waals surface area contributed by atoms with E-state index in [1.807, 2.05) is 12.1 Å². The lowest BCUT2D eigenvalue weighted by atomic mass is 9.96. The van der Waals surface area contributed by atoms with Crippen LogP contribution in [0.2, 0.25) is 17.6 Å². The third-order valence-electron chi connectivity index (χ3n) is 4.25. The van der Waals surface area contributed by atoms with Gasteiger partial charge in [-0.2, -0.15) is 0 Å². The van der Waals surface area contributed by atoms with E-state index in [9.17, 15) is 4.80 Å². The monoisotopic (exact) mass is 276 g/mol. The lowest BCUT2D eigenvalue weighted by Gasteiger charge is -2.37. The first-order valence-corrected chi connectivity index (χ1v) is 9.81. The summed E-state index contributed by atoms with van der Waals surface area (Å²) in [5, 5.41) is 0.0220. The van der Waals surface area contributed by atoms with E-state index < -0.39 is 8.32 Å². The SMILES string of the molecule is C=CCCC(C[Si](C)(O)C(C)(C)C)c1ccccc1. The first-order valence-electron chi connectivity index (χ1n) is 7.16. The molecular weight excluding hydrogens is 248 g/mol. The molecule has 1 N–H and O–H groups in total. The molecule has 0 aliphatic carbocycles. The first kappa shape index (κ1) is 16.2. The molecule has 0 spiro atoms. The molecule has 0 aliphatic heterocycles. The molecular formula is C17H28OSi. The van der Waals surface area contributed by atoms with E-state index >= 15 is 0 Å². The smallest absolute Gasteiger partial charge is 0.191 e. The van der Waals surface area contributed by atoms with Crippen molar-refractivity contribution in [3.05, 3.63) is 48.6 Å². The number of hydrogen-bond donors (Lipinski definition) is 1. The van der Waals surface area contributed by atoms with Crippen LogP contribution in [0.15, 0.2) is 43.0 Å². The maximum atomic E-state index is 10.9. The average Bonchev–Trinajstić information content (AvgIpc) is 2.34. The Balaban J connectivity index is 2.90. The van der Waals surface area contributed by atoms with Gasteiger partial charge < -0.3 is 4.80 Å². The second-order valence-corrected chi connectivity index (χ2v) is 11.2. The van der Waals surface area contributed by atoms with Crippen molar-refractivity contribution in [2.45, 2.75) is 57.2 Å². The predicted octanol–water partition coefficient (Wildman–Crippen LogP) is 5.10. The minimum absolute atomic E-state index is 0.0220. The average molecular weight is 276 g/mol. The van der Waals surface area contributed by atoms with Gasteiger partial charge in [0, 0.05) is 0 Å². The van der Waals surface area contributed by atoms with Crippen molar-refractivity contribution >= 4 is 8.32 Å². The van der Waals surface area contributed by atoms with Gasteiger partial charge >= 0.3 is 0 Å². The van der Waals surface area contributed by atoms with Gasteiger partial charge in [0.15, 0.2) is 8.32 Å². The van der Waals surface area contributed by atoms with Crippen LogP contribution < -0.4 is 0 Å². The van der Waals surface area contributed by atoms with Crippen LogP contribution >= 0.6 is 0 Å². The molecule has 0 saturated carbocycles. The molecule has 0 amide bonds. The van der Waals surface area contributed by atoms with Gasteiger partial charge in [-0.15, -0.1) is 6.58 Å². The lowest BCUT2D eigenvalue weighted by Crippen LogP contribution is -2.42. The van der Waals surface area contributed by atoms with Crippen molar-refractivity contribution in [3.63, 3.8) is 0 Å². The van der Waals surface area contributed by atoms with E-state index in [1.54, 1.807) is 0 Å². The van der Waals surface area contributed by atoms with E-state index in [2.05, 4.69) is 58.2 Å². The summed E-state index contributed by atoms with van der Waals surface area (Å²) in [5.74, 6) is 0.445. The maximum absolute atomic E-state index is 10.9. The molecule has 19 heavy (non-hydrogen) atoms. The Morgan fingerprint density at radius 2 is 1.84 bits per heavy atom. The van der Waals surface area contributed by atoms with Gasteiger partial charge in [0.25, 0.3) is 0 Å². The van der Waals surface area contributed by atoms with Gasteiger partial charge in [-0.3, -0.25) is 0 Å². The molecule has 2 heteroatoms. The summed E-state index contributed by atoms with van der Waals surface area (Å²) in [6, 6.07) is 11.5. The third-order valence-corrected chi connectivity index (χ3v) is 8.77. The van der Waals surface area contributed by atoms with Gasteiger partial charge in [-0.05, 0) is 42.0 Å². The van der Waals surface area contributed by atoms with Crippen LogP contribution in [0.25, 0.3) is 0 Å². The number of rotatable bonds is 6. The van der Waals surface area contributed by atoms with Crippen LogP contribution in [0.4, 0.5) is 0 Å². The van der Waals surface area contributed by atoms with E-state index in [1.165, 1.54) is 5.56 Å². The summed E-state index contributed by atoms with van der Waals surface area (Å²) in [6.45, 7) is 12.4. The highest BCUT2D eigenvalue weighted by molar-refractivity contribution is 6.74. The van der Waals surface area contributed by atoms with E-state index in [-0.39, 0.29) is 5.04 Å². The Kier molecular flexibility index (Phi) is 5.57. The molecule has 0 aromatic heterocycles. The molecule has 0 aliphatic rings. The highest BCUT2D eigenvalue weighted by Crippen LogP contribution is 2.42. The Morgan fingerprint density at radius 3 is 2.32 bits per heavy atom. The van der Waals surface area contributed by atoms with Crippen molar-refractivity contribution in [3.8, 4) is 0 Å². The quantitative estimate of drug-likeness (QED) is 0.566. The van der Waals surface area contributed by atoms with Crippen LogP contribution in [-0.4, -0.2) is 13.1 Å². The highest BCUT2D eigenvalue weighted by atomic mass is 28.4. The van der Waals surface area contributed by atoms with Crippen molar-refractivity contribution in [1.29, 1.82) is 0 Å². The number of benzene rings is 1. The summed E-state index contributed by atoms with van der Waals surface area (Å²) < 4.78 is 0. The zero-order chi connectivity index (χ0) is 14.5. The Hall–Kier alpha value is -0.863. The van der Waals surface area contributed by atoms with Crippen LogP contribution in [-0.2, 0) is 0 Å². The van der Waals surface area contributed by atoms with Crippen molar-refractivity contribution in [2.24, 2.45) is 0 Å². The topological polar surface area (TPSA) is 20.2 Å². The van der Waals surface area contributed by atoms with Crippen molar-refractivity contribution < 1.29 is 4.80 Å². The van der Waals surface area contributed by atoms with Gasteiger partial charge in [-0.25, -0.2) is 0 Å². The molecule has 0 fully saturated rings. The highest BCUT2D eigenvalue weighted by Gasteiger charge is 2.40. The Morgan fingerprint density at radius 1 is 1.26 bits per heavy atom. The molecule has 0 saturated heterocycles. The maximum Gasteiger partial charge on any atom is 0.191 e. The molecule has 1 aromatic carbocycles. The van der Waals surface area contributed by atoms with Gasteiger partial charge in [0.1, 0.15) is 0 Å². The fourth-order valence-electron chi connectivity index (χ4n) is 2.22. The number of hydrogen-bond acceptors (Lipinski definition) is 1. The zero-order valence-electron chi connectivity index (χ0n) is 12.8. The minimum atomic E-state index is -2.24. The molecule has 1 rings (SSSR count). The minimum Gasteiger partial charge on any atom is -0.431 e. The normalized spacial score (nSPS) is 16.7. The Bertz CT molecular complexity index is 389. The summed E-state index contributed by atoms with van der Waals surface area (Å²) in [5.41, 5.74) is 1.35. The summed E-state index contributed by atoms with van der Waals surface area (Å²) in [7, 11) is -2.24. The van der Waals surface area contributed by atoms with Crippen LogP contribution in [0.1, 0.15) is 45.1 Å². The second-order valence-electron chi connectivity index (χ2n) is 6.70. The fourth-order valence-corrected chi connectivity index (χ4v) is 4.23.